The third-order valence-corrected chi connectivity index (χ3v) is 4.94. The van der Waals surface area contributed by atoms with Gasteiger partial charge in [-0.1, -0.05) is 65.4 Å². The fourth-order valence-corrected chi connectivity index (χ4v) is 3.77. The van der Waals surface area contributed by atoms with Crippen molar-refractivity contribution in [3.05, 3.63) is 18.3 Å². The van der Waals surface area contributed by atoms with Crippen LogP contribution in [0.15, 0.2) is 18.3 Å². The molecule has 0 aliphatic heterocycles. The van der Waals surface area contributed by atoms with E-state index in [-0.39, 0.29) is 6.15 Å². The lowest BCUT2D eigenvalue weighted by Gasteiger charge is -2.41. The van der Waals surface area contributed by atoms with E-state index in [1.807, 2.05) is 0 Å². The maximum atomic E-state index is 2.39. The number of aromatic nitrogens is 1. The lowest BCUT2D eigenvalue weighted by Crippen LogP contribution is -2.50. The average molecular weight is 262 g/mol. The number of nitrogens with zero attached hydrogens (tertiary/aromatic N) is 1. The van der Waals surface area contributed by atoms with Crippen LogP contribution in [0.1, 0.15) is 59.3 Å². The van der Waals surface area contributed by atoms with Gasteiger partial charge in [0.1, 0.15) is 0 Å². The zero-order chi connectivity index (χ0) is 14.1. The molecule has 0 atom stereocenters. The Labute approximate surface area is 120 Å². The zero-order valence-electron chi connectivity index (χ0n) is 13.6. The highest BCUT2D eigenvalue weighted by Gasteiger charge is 2.26. The second-order valence-corrected chi connectivity index (χ2v) is 6.45. The van der Waals surface area contributed by atoms with E-state index < -0.39 is 0 Å². The van der Waals surface area contributed by atoms with E-state index in [0.717, 1.165) is 0 Å². The summed E-state index contributed by atoms with van der Waals surface area (Å²) < 4.78 is 2.39. The zero-order valence-corrected chi connectivity index (χ0v) is 13.6. The van der Waals surface area contributed by atoms with Crippen LogP contribution in [-0.4, -0.2) is 10.7 Å². The standard InChI is InChI=1S/C17H33BN/c1-5-8-13-18(14-9-6-2,15-10-7-3)17-12-11-16-19(17)4/h11-12,16H,5-10,13-15H2,1-4H3/q-1. The SMILES string of the molecule is CCCC[B-](CCCC)(CCCC)c1cccn1C. The van der Waals surface area contributed by atoms with E-state index >= 15 is 0 Å². The molecule has 1 aromatic heterocycles. The van der Waals surface area contributed by atoms with Gasteiger partial charge in [0.25, 0.3) is 0 Å². The number of rotatable bonds is 10. The second-order valence-electron chi connectivity index (χ2n) is 6.45. The molecule has 0 saturated carbocycles. The predicted octanol–water partition coefficient (Wildman–Crippen LogP) is 5.08. The molecule has 0 spiro atoms. The Kier molecular flexibility index (Phi) is 7.34. The van der Waals surface area contributed by atoms with E-state index in [1.165, 1.54) is 57.5 Å². The first-order valence-electron chi connectivity index (χ1n) is 8.52. The number of hydrogen-bond donors (Lipinski definition) is 0. The van der Waals surface area contributed by atoms with Crippen LogP contribution in [-0.2, 0) is 7.05 Å². The Morgan fingerprint density at radius 3 is 1.68 bits per heavy atom. The molecule has 0 radical (unpaired) electrons. The van der Waals surface area contributed by atoms with Crippen LogP contribution in [0.2, 0.25) is 19.0 Å². The van der Waals surface area contributed by atoms with Crippen LogP contribution >= 0.6 is 0 Å². The largest absolute Gasteiger partial charge is 0.392 e. The minimum atomic E-state index is -0.332. The Hall–Kier alpha value is -0.655. The van der Waals surface area contributed by atoms with Crippen molar-refractivity contribution >= 4 is 11.7 Å². The molecule has 19 heavy (non-hydrogen) atoms. The molecule has 1 rings (SSSR count). The van der Waals surface area contributed by atoms with E-state index in [2.05, 4.69) is 50.7 Å². The van der Waals surface area contributed by atoms with Gasteiger partial charge < -0.3 is 4.57 Å². The summed E-state index contributed by atoms with van der Waals surface area (Å²) in [5.74, 6) is 0. The van der Waals surface area contributed by atoms with Crippen LogP contribution in [0.3, 0.4) is 0 Å². The van der Waals surface area contributed by atoms with Crippen molar-refractivity contribution in [2.24, 2.45) is 7.05 Å². The monoisotopic (exact) mass is 262 g/mol. The van der Waals surface area contributed by atoms with Crippen molar-refractivity contribution in [3.63, 3.8) is 0 Å². The molecule has 2 heteroatoms. The summed E-state index contributed by atoms with van der Waals surface area (Å²) in [4.78, 5) is 0. The highest BCUT2D eigenvalue weighted by molar-refractivity contribution is 6.91. The van der Waals surface area contributed by atoms with E-state index in [4.69, 9.17) is 0 Å². The minimum absolute atomic E-state index is 0.332. The molecule has 0 amide bonds. The van der Waals surface area contributed by atoms with Gasteiger partial charge in [0, 0.05) is 13.2 Å². The fraction of sp³-hybridized carbons (Fsp3) is 0.765. The first kappa shape index (κ1) is 16.4. The highest BCUT2D eigenvalue weighted by Crippen LogP contribution is 2.28. The average Bonchev–Trinajstić information content (AvgIpc) is 2.85. The Balaban J connectivity index is 2.97. The molecule has 1 aromatic rings. The summed E-state index contributed by atoms with van der Waals surface area (Å²) in [7, 11) is 2.23. The highest BCUT2D eigenvalue weighted by atomic mass is 14.9. The molecule has 0 aliphatic carbocycles. The van der Waals surface area contributed by atoms with Crippen molar-refractivity contribution in [1.29, 1.82) is 0 Å². The fourth-order valence-electron chi connectivity index (χ4n) is 3.77. The molecule has 0 saturated heterocycles. The molecule has 0 fully saturated rings. The predicted molar refractivity (Wildman–Crippen MR) is 89.9 cm³/mol. The lowest BCUT2D eigenvalue weighted by atomic mass is 9.17. The summed E-state index contributed by atoms with van der Waals surface area (Å²) >= 11 is 0. The maximum Gasteiger partial charge on any atom is 0.0465 e. The molecule has 0 N–H and O–H groups in total. The topological polar surface area (TPSA) is 4.93 Å². The third kappa shape index (κ3) is 4.44. The van der Waals surface area contributed by atoms with E-state index in [1.54, 1.807) is 5.59 Å². The van der Waals surface area contributed by atoms with Gasteiger partial charge in [-0.3, -0.25) is 0 Å². The van der Waals surface area contributed by atoms with Crippen molar-refractivity contribution in [1.82, 2.24) is 4.57 Å². The van der Waals surface area contributed by atoms with Crippen LogP contribution in [0.5, 0.6) is 0 Å². The minimum Gasteiger partial charge on any atom is -0.392 e. The normalized spacial score (nSPS) is 12.0. The smallest absolute Gasteiger partial charge is 0.0465 e. The molecule has 1 heterocycles. The van der Waals surface area contributed by atoms with Crippen molar-refractivity contribution < 1.29 is 0 Å². The Morgan fingerprint density at radius 2 is 1.37 bits per heavy atom. The number of aryl methyl sites for hydroxylation is 1. The summed E-state index contributed by atoms with van der Waals surface area (Å²) in [6.45, 7) is 6.97. The lowest BCUT2D eigenvalue weighted by molar-refractivity contribution is 0.793. The first-order valence-corrected chi connectivity index (χ1v) is 8.52. The summed E-state index contributed by atoms with van der Waals surface area (Å²) in [6.07, 6.45) is 14.3. The van der Waals surface area contributed by atoms with E-state index in [9.17, 15) is 0 Å². The van der Waals surface area contributed by atoms with Crippen LogP contribution in [0.25, 0.3) is 0 Å². The number of hydrogen-bond acceptors (Lipinski definition) is 0. The van der Waals surface area contributed by atoms with Gasteiger partial charge in [-0.25, -0.2) is 0 Å². The summed E-state index contributed by atoms with van der Waals surface area (Å²) in [5.41, 5.74) is 1.63. The molecule has 0 bridgehead atoms. The molecular formula is C17H33BN-. The van der Waals surface area contributed by atoms with Gasteiger partial charge in [-0.05, 0) is 12.3 Å². The summed E-state index contributed by atoms with van der Waals surface area (Å²) in [6, 6.07) is 4.62. The third-order valence-electron chi connectivity index (χ3n) is 4.94. The summed E-state index contributed by atoms with van der Waals surface area (Å²) in [5, 5.41) is 0. The van der Waals surface area contributed by atoms with Gasteiger partial charge in [-0.15, -0.1) is 5.59 Å². The molecule has 0 aliphatic rings. The quantitative estimate of drug-likeness (QED) is 0.518. The number of unbranched alkanes of at least 4 members (excludes halogenated alkanes) is 3. The van der Waals surface area contributed by atoms with E-state index in [0.29, 0.717) is 0 Å². The van der Waals surface area contributed by atoms with Crippen molar-refractivity contribution in [2.75, 3.05) is 0 Å². The van der Waals surface area contributed by atoms with Gasteiger partial charge in [0.2, 0.25) is 0 Å². The van der Waals surface area contributed by atoms with Crippen molar-refractivity contribution in [3.8, 4) is 0 Å². The molecule has 1 nitrogen and oxygen atoms in total. The van der Waals surface area contributed by atoms with Gasteiger partial charge in [-0.2, -0.15) is 19.0 Å². The maximum absolute atomic E-state index is 2.39. The first-order chi connectivity index (χ1) is 9.20. The van der Waals surface area contributed by atoms with Gasteiger partial charge in [0.05, 0.1) is 0 Å². The molecule has 0 aromatic carbocycles. The molecule has 0 unspecified atom stereocenters. The Bertz CT molecular complexity index is 321. The van der Waals surface area contributed by atoms with Crippen LogP contribution < -0.4 is 5.59 Å². The second kappa shape index (κ2) is 8.50. The van der Waals surface area contributed by atoms with Crippen LogP contribution in [0.4, 0.5) is 0 Å². The molecule has 110 valence electrons. The van der Waals surface area contributed by atoms with Gasteiger partial charge in [0.15, 0.2) is 0 Å². The van der Waals surface area contributed by atoms with Crippen molar-refractivity contribution in [2.45, 2.75) is 78.3 Å². The Morgan fingerprint density at radius 1 is 0.895 bits per heavy atom. The van der Waals surface area contributed by atoms with Crippen LogP contribution in [0, 0.1) is 0 Å². The van der Waals surface area contributed by atoms with Gasteiger partial charge >= 0.3 is 0 Å². The molecular weight excluding hydrogens is 229 g/mol.